The predicted octanol–water partition coefficient (Wildman–Crippen LogP) is 4.02. The van der Waals surface area contributed by atoms with Crippen molar-refractivity contribution >= 4 is 35.3 Å². The highest BCUT2D eigenvalue weighted by atomic mass is 35.5. The summed E-state index contributed by atoms with van der Waals surface area (Å²) in [5.74, 6) is 1.21. The number of nitro groups is 1. The van der Waals surface area contributed by atoms with Gasteiger partial charge in [0.05, 0.1) is 11.1 Å². The van der Waals surface area contributed by atoms with Crippen LogP contribution in [0.3, 0.4) is 0 Å². The van der Waals surface area contributed by atoms with Crippen LogP contribution in [0.5, 0.6) is 5.75 Å². The van der Waals surface area contributed by atoms with Crippen LogP contribution in [0.4, 0.5) is 5.69 Å². The van der Waals surface area contributed by atoms with Crippen molar-refractivity contribution in [3.05, 3.63) is 75.1 Å². The van der Waals surface area contributed by atoms with Gasteiger partial charge in [-0.25, -0.2) is 0 Å². The molecule has 1 aromatic heterocycles. The Balaban J connectivity index is 1.83. The zero-order valence-electron chi connectivity index (χ0n) is 14.2. The number of halogens is 1. The average Bonchev–Trinajstić information content (AvgIpc) is 3.08. The van der Waals surface area contributed by atoms with Crippen LogP contribution in [0.25, 0.3) is 0 Å². The molecule has 138 valence electrons. The molecule has 27 heavy (non-hydrogen) atoms. The molecular formula is C17H14ClN5O3S. The van der Waals surface area contributed by atoms with E-state index >= 15 is 0 Å². The molecule has 1 heterocycles. The fourth-order valence-corrected chi connectivity index (χ4v) is 2.80. The third-order valence-corrected chi connectivity index (χ3v) is 4.40. The number of thioether (sulfide) groups is 1. The van der Waals surface area contributed by atoms with Crippen molar-refractivity contribution < 1.29 is 9.66 Å². The van der Waals surface area contributed by atoms with Crippen LogP contribution in [0, 0.1) is 10.1 Å². The molecule has 0 fully saturated rings. The van der Waals surface area contributed by atoms with Gasteiger partial charge in [-0.1, -0.05) is 47.6 Å². The molecule has 0 saturated heterocycles. The normalized spacial score (nSPS) is 11.0. The number of hydrogen-bond acceptors (Lipinski definition) is 7. The largest absolute Gasteiger partial charge is 0.486 e. The third-order valence-electron chi connectivity index (χ3n) is 3.46. The van der Waals surface area contributed by atoms with Crippen LogP contribution in [0.1, 0.15) is 11.4 Å². The van der Waals surface area contributed by atoms with Crippen LogP contribution < -0.4 is 4.74 Å². The van der Waals surface area contributed by atoms with E-state index in [0.717, 1.165) is 0 Å². The Bertz CT molecular complexity index is 978. The maximum atomic E-state index is 11.0. The monoisotopic (exact) mass is 403 g/mol. The van der Waals surface area contributed by atoms with E-state index in [0.29, 0.717) is 22.3 Å². The van der Waals surface area contributed by atoms with Gasteiger partial charge in [-0.2, -0.15) is 9.78 Å². The second-order valence-electron chi connectivity index (χ2n) is 5.23. The summed E-state index contributed by atoms with van der Waals surface area (Å²) in [6.45, 7) is 0.176. The van der Waals surface area contributed by atoms with Gasteiger partial charge in [-0.05, 0) is 24.5 Å². The van der Waals surface area contributed by atoms with Gasteiger partial charge >= 0.3 is 0 Å². The van der Waals surface area contributed by atoms with E-state index in [1.165, 1.54) is 34.8 Å². The molecule has 2 aromatic carbocycles. The topological polar surface area (TPSA) is 95.4 Å². The van der Waals surface area contributed by atoms with Crippen molar-refractivity contribution in [3.63, 3.8) is 0 Å². The Morgan fingerprint density at radius 1 is 1.30 bits per heavy atom. The first kappa shape index (κ1) is 18.9. The van der Waals surface area contributed by atoms with Gasteiger partial charge in [0.2, 0.25) is 5.16 Å². The number of aromatic nitrogens is 3. The molecule has 0 aliphatic rings. The number of rotatable bonds is 7. The predicted molar refractivity (Wildman–Crippen MR) is 104 cm³/mol. The molecule has 0 spiro atoms. The number of benzene rings is 2. The van der Waals surface area contributed by atoms with E-state index in [2.05, 4.69) is 15.3 Å². The van der Waals surface area contributed by atoms with Crippen LogP contribution in [0.15, 0.2) is 58.8 Å². The minimum absolute atomic E-state index is 0.0724. The lowest BCUT2D eigenvalue weighted by Crippen LogP contribution is -2.05. The van der Waals surface area contributed by atoms with Gasteiger partial charge in [-0.15, -0.1) is 10.2 Å². The highest BCUT2D eigenvalue weighted by Crippen LogP contribution is 2.24. The lowest BCUT2D eigenvalue weighted by molar-refractivity contribution is -0.384. The van der Waals surface area contributed by atoms with Crippen LogP contribution in [0.2, 0.25) is 5.02 Å². The highest BCUT2D eigenvalue weighted by molar-refractivity contribution is 7.98. The Morgan fingerprint density at radius 3 is 2.78 bits per heavy atom. The first-order chi connectivity index (χ1) is 13.1. The number of ether oxygens (including phenoxy) is 1. The van der Waals surface area contributed by atoms with Crippen molar-refractivity contribution in [3.8, 4) is 5.75 Å². The molecule has 0 aliphatic heterocycles. The molecule has 0 N–H and O–H groups in total. The molecule has 3 aromatic rings. The van der Waals surface area contributed by atoms with E-state index in [-0.39, 0.29) is 17.3 Å². The smallest absolute Gasteiger partial charge is 0.288 e. The first-order valence-corrected chi connectivity index (χ1v) is 9.33. The Kier molecular flexibility index (Phi) is 6.05. The van der Waals surface area contributed by atoms with Gasteiger partial charge in [0.25, 0.3) is 5.69 Å². The fourth-order valence-electron chi connectivity index (χ4n) is 2.17. The molecule has 0 atom stereocenters. The summed E-state index contributed by atoms with van der Waals surface area (Å²) in [6, 6.07) is 13.8. The van der Waals surface area contributed by atoms with E-state index in [4.69, 9.17) is 16.3 Å². The van der Waals surface area contributed by atoms with Gasteiger partial charge in [0.15, 0.2) is 5.82 Å². The lowest BCUT2D eigenvalue weighted by Gasteiger charge is -2.06. The Hall–Kier alpha value is -2.91. The maximum Gasteiger partial charge on any atom is 0.288 e. The summed E-state index contributed by atoms with van der Waals surface area (Å²) in [5, 5.41) is 24.2. The van der Waals surface area contributed by atoms with Gasteiger partial charge in [0, 0.05) is 11.6 Å². The van der Waals surface area contributed by atoms with Crippen LogP contribution >= 0.6 is 23.4 Å². The Labute approximate surface area is 164 Å². The van der Waals surface area contributed by atoms with Crippen molar-refractivity contribution in [2.45, 2.75) is 11.8 Å². The van der Waals surface area contributed by atoms with Gasteiger partial charge < -0.3 is 4.74 Å². The summed E-state index contributed by atoms with van der Waals surface area (Å²) in [4.78, 5) is 10.5. The quantitative estimate of drug-likeness (QED) is 0.256. The van der Waals surface area contributed by atoms with Gasteiger partial charge in [-0.3, -0.25) is 10.1 Å². The van der Waals surface area contributed by atoms with E-state index < -0.39 is 4.92 Å². The van der Waals surface area contributed by atoms with Crippen molar-refractivity contribution in [1.82, 2.24) is 14.9 Å². The summed E-state index contributed by atoms with van der Waals surface area (Å²) >= 11 is 7.21. The third kappa shape index (κ3) is 4.63. The minimum Gasteiger partial charge on any atom is -0.486 e. The first-order valence-electron chi connectivity index (χ1n) is 7.73. The summed E-state index contributed by atoms with van der Waals surface area (Å²) in [7, 11) is 0. The maximum absolute atomic E-state index is 11.0. The summed E-state index contributed by atoms with van der Waals surface area (Å²) < 4.78 is 7.23. The SMILES string of the molecule is CSc1nnc(COc2ccccc2)n1/N=C\c1ccc(Cl)c([N+](=O)[O-])c1. The molecule has 0 saturated carbocycles. The van der Waals surface area contributed by atoms with Crippen molar-refractivity contribution in [2.75, 3.05) is 6.26 Å². The Morgan fingerprint density at radius 2 is 2.07 bits per heavy atom. The van der Waals surface area contributed by atoms with Crippen LogP contribution in [-0.4, -0.2) is 32.3 Å². The summed E-state index contributed by atoms with van der Waals surface area (Å²) in [5.41, 5.74) is 0.351. The van der Waals surface area contributed by atoms with Crippen LogP contribution in [-0.2, 0) is 6.61 Å². The zero-order valence-corrected chi connectivity index (χ0v) is 15.7. The molecule has 0 bridgehead atoms. The number of nitrogens with zero attached hydrogens (tertiary/aromatic N) is 5. The van der Waals surface area contributed by atoms with E-state index in [9.17, 15) is 10.1 Å². The van der Waals surface area contributed by atoms with Gasteiger partial charge in [0.1, 0.15) is 17.4 Å². The fraction of sp³-hybridized carbons (Fsp3) is 0.118. The van der Waals surface area contributed by atoms with Crippen molar-refractivity contribution in [2.24, 2.45) is 5.10 Å². The highest BCUT2D eigenvalue weighted by Gasteiger charge is 2.13. The number of nitro benzene ring substituents is 1. The molecule has 0 aliphatic carbocycles. The van der Waals surface area contributed by atoms with Crippen molar-refractivity contribution in [1.29, 1.82) is 0 Å². The molecule has 0 amide bonds. The number of para-hydroxylation sites is 1. The molecule has 0 radical (unpaired) electrons. The molecule has 8 nitrogen and oxygen atoms in total. The molecule has 10 heteroatoms. The molecule has 0 unspecified atom stereocenters. The minimum atomic E-state index is -0.537. The van der Waals surface area contributed by atoms with E-state index in [1.807, 2.05) is 36.6 Å². The van der Waals surface area contributed by atoms with E-state index in [1.54, 1.807) is 6.07 Å². The number of hydrogen-bond donors (Lipinski definition) is 0. The molecular weight excluding hydrogens is 390 g/mol. The average molecular weight is 404 g/mol. The zero-order chi connectivity index (χ0) is 19.2. The lowest BCUT2D eigenvalue weighted by atomic mass is 10.2. The standard InChI is InChI=1S/C17H14ClN5O3S/c1-27-17-21-20-16(11-26-13-5-3-2-4-6-13)22(17)19-10-12-7-8-14(18)15(9-12)23(24)25/h2-10H,11H2,1H3/b19-10-. The second kappa shape index (κ2) is 8.65. The second-order valence-corrected chi connectivity index (χ2v) is 6.41. The molecule has 3 rings (SSSR count). The summed E-state index contributed by atoms with van der Waals surface area (Å²) in [6.07, 6.45) is 3.34.